The van der Waals surface area contributed by atoms with Gasteiger partial charge in [0.15, 0.2) is 12.2 Å². The van der Waals surface area contributed by atoms with E-state index in [1.54, 1.807) is 0 Å². The van der Waals surface area contributed by atoms with Gasteiger partial charge in [-0.3, -0.25) is 37.3 Å². The molecule has 0 saturated heterocycles. The molecule has 0 aliphatic carbocycles. The number of esters is 4. The second kappa shape index (κ2) is 71.6. The van der Waals surface area contributed by atoms with Gasteiger partial charge in [-0.05, 0) is 122 Å². The van der Waals surface area contributed by atoms with Crippen LogP contribution in [0.5, 0.6) is 0 Å². The Kier molecular flexibility index (Phi) is 68.9. The summed E-state index contributed by atoms with van der Waals surface area (Å²) in [6, 6.07) is 0. The zero-order valence-electron chi connectivity index (χ0n) is 62.0. The SMILES string of the molecule is CC/C=C\C/C=C\C/C=C\C/C=C\CCCCCCCCC(=O)OCC(COP(=O)(O)OCC(O)COP(=O)(O)OCC(COC(=O)CCCCCCC/C=C\C/C=C\CCCCC)OC(=O)CCCCCCCCCCCCC)OC(=O)CCCCCCC/C=C\CCCCCC. The molecule has 5 atom stereocenters. The summed E-state index contributed by atoms with van der Waals surface area (Å²) in [5.41, 5.74) is 0. The summed E-state index contributed by atoms with van der Waals surface area (Å²) < 4.78 is 68.5. The fourth-order valence-electron chi connectivity index (χ4n) is 10.4. The summed E-state index contributed by atoms with van der Waals surface area (Å²) in [5.74, 6) is -2.19. The van der Waals surface area contributed by atoms with Crippen LogP contribution in [-0.4, -0.2) is 96.7 Å². The highest BCUT2D eigenvalue weighted by Gasteiger charge is 2.30. The minimum absolute atomic E-state index is 0.0827. The second-order valence-corrected chi connectivity index (χ2v) is 28.8. The Morgan fingerprint density at radius 1 is 0.296 bits per heavy atom. The lowest BCUT2D eigenvalue weighted by Gasteiger charge is -2.21. The molecule has 568 valence electrons. The lowest BCUT2D eigenvalue weighted by molar-refractivity contribution is -0.161. The van der Waals surface area contributed by atoms with E-state index in [1.165, 1.54) is 83.5 Å². The third-order valence-corrected chi connectivity index (χ3v) is 18.2. The first kappa shape index (κ1) is 94.2. The maximum absolute atomic E-state index is 13.1. The van der Waals surface area contributed by atoms with Gasteiger partial charge in [-0.1, -0.05) is 273 Å². The van der Waals surface area contributed by atoms with Crippen molar-refractivity contribution in [3.8, 4) is 0 Å². The molecule has 0 aromatic carbocycles. The van der Waals surface area contributed by atoms with Crippen molar-refractivity contribution in [1.29, 1.82) is 0 Å². The summed E-state index contributed by atoms with van der Waals surface area (Å²) in [6.45, 7) is 4.71. The van der Waals surface area contributed by atoms with Gasteiger partial charge in [-0.25, -0.2) is 9.13 Å². The molecule has 98 heavy (non-hydrogen) atoms. The zero-order valence-corrected chi connectivity index (χ0v) is 63.7. The maximum Gasteiger partial charge on any atom is 0.472 e. The second-order valence-electron chi connectivity index (χ2n) is 25.9. The number of aliphatic hydroxyl groups is 1. The van der Waals surface area contributed by atoms with Gasteiger partial charge in [-0.2, -0.15) is 0 Å². The lowest BCUT2D eigenvalue weighted by Crippen LogP contribution is -2.30. The summed E-state index contributed by atoms with van der Waals surface area (Å²) in [7, 11) is -9.95. The highest BCUT2D eigenvalue weighted by molar-refractivity contribution is 7.47. The van der Waals surface area contributed by atoms with Crippen LogP contribution >= 0.6 is 15.6 Å². The van der Waals surface area contributed by atoms with Gasteiger partial charge in [0.2, 0.25) is 0 Å². The Bertz CT molecular complexity index is 2190. The maximum atomic E-state index is 13.1. The number of phosphoric acid groups is 2. The van der Waals surface area contributed by atoms with Crippen molar-refractivity contribution >= 4 is 39.5 Å². The summed E-state index contributed by atoms with van der Waals surface area (Å²) in [6.07, 6.45) is 72.8. The Morgan fingerprint density at radius 2 is 0.531 bits per heavy atom. The fourth-order valence-corrected chi connectivity index (χ4v) is 12.0. The van der Waals surface area contributed by atoms with Crippen LogP contribution in [0.2, 0.25) is 0 Å². The number of unbranched alkanes of at least 4 members (excludes halogenated alkanes) is 33. The topological polar surface area (TPSA) is 237 Å². The molecule has 0 spiro atoms. The van der Waals surface area contributed by atoms with E-state index >= 15 is 0 Å². The van der Waals surface area contributed by atoms with Crippen molar-refractivity contribution in [2.24, 2.45) is 0 Å². The van der Waals surface area contributed by atoms with E-state index in [0.717, 1.165) is 173 Å². The molecule has 0 amide bonds. The van der Waals surface area contributed by atoms with Crippen LogP contribution in [0.4, 0.5) is 0 Å². The molecule has 3 N–H and O–H groups in total. The minimum Gasteiger partial charge on any atom is -0.462 e. The molecule has 0 saturated carbocycles. The number of carbonyl (C=O) groups excluding carboxylic acids is 4. The van der Waals surface area contributed by atoms with Gasteiger partial charge in [0.1, 0.15) is 19.3 Å². The monoisotopic (exact) mass is 1420 g/mol. The number of allylic oxidation sites excluding steroid dienone is 14. The molecular formula is C79H140O17P2. The minimum atomic E-state index is -4.98. The number of hydrogen-bond donors (Lipinski definition) is 3. The molecule has 0 bridgehead atoms. The number of aliphatic hydroxyl groups excluding tert-OH is 1. The first-order valence-electron chi connectivity index (χ1n) is 38.8. The molecule has 0 fully saturated rings. The summed E-state index contributed by atoms with van der Waals surface area (Å²) >= 11 is 0. The predicted molar refractivity (Wildman–Crippen MR) is 399 cm³/mol. The number of carbonyl (C=O) groups is 4. The highest BCUT2D eigenvalue weighted by Crippen LogP contribution is 2.45. The molecular weight excluding hydrogens is 1280 g/mol. The highest BCUT2D eigenvalue weighted by atomic mass is 31.2. The van der Waals surface area contributed by atoms with Gasteiger partial charge in [-0.15, -0.1) is 0 Å². The summed E-state index contributed by atoms with van der Waals surface area (Å²) in [4.78, 5) is 72.8. The van der Waals surface area contributed by atoms with E-state index in [0.29, 0.717) is 25.7 Å². The molecule has 0 radical (unpaired) electrons. The first-order chi connectivity index (χ1) is 47.7. The molecule has 0 rings (SSSR count). The van der Waals surface area contributed by atoms with Crippen LogP contribution < -0.4 is 0 Å². The van der Waals surface area contributed by atoms with Crippen molar-refractivity contribution in [3.05, 3.63) is 85.1 Å². The molecule has 19 heteroatoms. The molecule has 5 unspecified atom stereocenters. The lowest BCUT2D eigenvalue weighted by atomic mass is 10.1. The average Bonchev–Trinajstić information content (AvgIpc) is 0.972. The molecule has 0 aromatic heterocycles. The fraction of sp³-hybridized carbons (Fsp3) is 0.772. The van der Waals surface area contributed by atoms with Crippen LogP contribution in [0.1, 0.15) is 336 Å². The molecule has 0 aliphatic heterocycles. The molecule has 0 aliphatic rings. The van der Waals surface area contributed by atoms with Gasteiger partial charge < -0.3 is 33.8 Å². The Labute approximate surface area is 595 Å². The predicted octanol–water partition coefficient (Wildman–Crippen LogP) is 22.2. The van der Waals surface area contributed by atoms with E-state index in [1.807, 2.05) is 0 Å². The van der Waals surface area contributed by atoms with Crippen LogP contribution in [0.3, 0.4) is 0 Å². The van der Waals surface area contributed by atoms with Crippen LogP contribution in [0.25, 0.3) is 0 Å². The Hall–Kier alpha value is -3.76. The van der Waals surface area contributed by atoms with Gasteiger partial charge in [0.05, 0.1) is 26.4 Å². The van der Waals surface area contributed by atoms with Crippen molar-refractivity contribution < 1.29 is 80.2 Å². The van der Waals surface area contributed by atoms with Crippen molar-refractivity contribution in [2.75, 3.05) is 39.6 Å². The first-order valence-corrected chi connectivity index (χ1v) is 41.8. The average molecular weight is 1420 g/mol. The largest absolute Gasteiger partial charge is 0.472 e. The van der Waals surface area contributed by atoms with Crippen molar-refractivity contribution in [1.82, 2.24) is 0 Å². The normalized spacial score (nSPS) is 14.4. The third-order valence-electron chi connectivity index (χ3n) is 16.3. The van der Waals surface area contributed by atoms with E-state index in [4.69, 9.17) is 37.0 Å². The van der Waals surface area contributed by atoms with Gasteiger partial charge in [0.25, 0.3) is 0 Å². The third kappa shape index (κ3) is 70.7. The van der Waals surface area contributed by atoms with E-state index in [-0.39, 0.29) is 25.7 Å². The quantitative estimate of drug-likeness (QED) is 0.0169. The standard InChI is InChI=1S/C79H140O17P2/c1-5-9-13-17-21-25-29-32-34-35-36-37-39-42-45-48-52-56-60-64-77(82)90-70-75(96-79(84)66-62-58-54-50-46-40-31-27-23-19-15-11-7-3)72-94-98(87,88)92-68-73(80)67-91-97(85,86)93-71-74(95-78(83)65-61-57-53-49-43-28-24-20-16-12-8-4)69-89-76(81)63-59-55-51-47-44-41-38-33-30-26-22-18-14-10-6-2/h9,13,21-22,25-27,31-34,36-38,73-75,80H,5-8,10-12,14-20,23-24,28-30,35,39-72H2,1-4H3,(H,85,86)(H,87,88)/b13-9-,25-21-,26-22-,31-27-,34-32-,37-36-,38-33-. The Balaban J connectivity index is 5.31. The Morgan fingerprint density at radius 3 is 0.857 bits per heavy atom. The van der Waals surface area contributed by atoms with Gasteiger partial charge >= 0.3 is 39.5 Å². The van der Waals surface area contributed by atoms with Crippen molar-refractivity contribution in [2.45, 2.75) is 354 Å². The van der Waals surface area contributed by atoms with Crippen LogP contribution in [0.15, 0.2) is 85.1 Å². The van der Waals surface area contributed by atoms with E-state index in [9.17, 15) is 43.2 Å². The van der Waals surface area contributed by atoms with E-state index in [2.05, 4.69) is 113 Å². The van der Waals surface area contributed by atoms with Crippen LogP contribution in [0, 0.1) is 0 Å². The number of ether oxygens (including phenoxy) is 4. The summed E-state index contributed by atoms with van der Waals surface area (Å²) in [5, 5.41) is 10.6. The molecule has 0 heterocycles. The molecule has 0 aromatic rings. The van der Waals surface area contributed by atoms with E-state index < -0.39 is 97.5 Å². The van der Waals surface area contributed by atoms with Crippen LogP contribution in [-0.2, 0) is 65.4 Å². The number of phosphoric ester groups is 2. The zero-order chi connectivity index (χ0) is 71.8. The smallest absolute Gasteiger partial charge is 0.462 e. The molecule has 17 nitrogen and oxygen atoms in total. The number of rotatable bonds is 73. The van der Waals surface area contributed by atoms with Crippen molar-refractivity contribution in [3.63, 3.8) is 0 Å². The number of hydrogen-bond acceptors (Lipinski definition) is 15. The van der Waals surface area contributed by atoms with Gasteiger partial charge in [0, 0.05) is 25.7 Å².